The van der Waals surface area contributed by atoms with Gasteiger partial charge in [-0.2, -0.15) is 15.0 Å². The number of anilines is 4. The van der Waals surface area contributed by atoms with Crippen LogP contribution in [0.2, 0.25) is 0 Å². The lowest BCUT2D eigenvalue weighted by Crippen LogP contribution is -2.13. The van der Waals surface area contributed by atoms with Gasteiger partial charge in [0.1, 0.15) is 5.76 Å². The second kappa shape index (κ2) is 9.40. The molecule has 2 aromatic carbocycles. The van der Waals surface area contributed by atoms with Gasteiger partial charge >= 0.3 is 5.97 Å². The van der Waals surface area contributed by atoms with E-state index in [0.717, 1.165) is 11.4 Å². The molecule has 9 heteroatoms. The van der Waals surface area contributed by atoms with Crippen LogP contribution in [0, 0.1) is 0 Å². The summed E-state index contributed by atoms with van der Waals surface area (Å²) in [6.45, 7) is 0.289. The molecule has 4 N–H and O–H groups in total. The highest BCUT2D eigenvalue weighted by molar-refractivity contribution is 5.95. The molecule has 31 heavy (non-hydrogen) atoms. The van der Waals surface area contributed by atoms with Crippen molar-refractivity contribution in [3.8, 4) is 0 Å². The zero-order valence-electron chi connectivity index (χ0n) is 16.5. The van der Waals surface area contributed by atoms with E-state index in [2.05, 4.69) is 25.6 Å². The molecule has 0 amide bonds. The molecular formula is C22H20N6O3. The van der Waals surface area contributed by atoms with Crippen molar-refractivity contribution in [1.82, 2.24) is 15.0 Å². The number of nitrogens with two attached hydrogens (primary N) is 1. The molecule has 0 saturated heterocycles. The van der Waals surface area contributed by atoms with Crippen LogP contribution in [0.25, 0.3) is 0 Å². The molecule has 4 rings (SSSR count). The summed E-state index contributed by atoms with van der Waals surface area (Å²) in [7, 11) is 0. The van der Waals surface area contributed by atoms with Gasteiger partial charge in [0.05, 0.1) is 18.4 Å². The zero-order chi connectivity index (χ0) is 21.5. The Bertz CT molecular complexity index is 1150. The topological polar surface area (TPSA) is 128 Å². The Morgan fingerprint density at radius 2 is 1.77 bits per heavy atom. The normalized spacial score (nSPS) is 10.5. The Kier molecular flexibility index (Phi) is 6.03. The van der Waals surface area contributed by atoms with E-state index in [9.17, 15) is 4.79 Å². The molecule has 0 aliphatic carbocycles. The van der Waals surface area contributed by atoms with E-state index in [0.29, 0.717) is 17.8 Å². The smallest absolute Gasteiger partial charge is 0.340 e. The third-order valence-electron chi connectivity index (χ3n) is 4.24. The standard InChI is InChI=1S/C22H20N6O3/c23-21-26-19(27-22(28-21)25-15-7-2-1-3-8-15)14-31-20(29)17-10-4-5-11-18(17)24-13-16-9-6-12-30-16/h1-12,24H,13-14H2,(H3,23,25,26,27,28). The van der Waals surface area contributed by atoms with E-state index in [1.54, 1.807) is 30.5 Å². The predicted octanol–water partition coefficient (Wildman–Crippen LogP) is 3.76. The third kappa shape index (κ3) is 5.36. The first-order valence-electron chi connectivity index (χ1n) is 9.52. The highest BCUT2D eigenvalue weighted by Crippen LogP contribution is 2.18. The van der Waals surface area contributed by atoms with Crippen LogP contribution in [0.4, 0.5) is 23.3 Å². The summed E-state index contributed by atoms with van der Waals surface area (Å²) in [6, 6.07) is 20.1. The zero-order valence-corrected chi connectivity index (χ0v) is 16.5. The minimum Gasteiger partial charge on any atom is -0.467 e. The summed E-state index contributed by atoms with van der Waals surface area (Å²) >= 11 is 0. The van der Waals surface area contributed by atoms with Gasteiger partial charge in [0.15, 0.2) is 12.4 Å². The number of nitrogen functional groups attached to an aromatic ring is 1. The minimum absolute atomic E-state index is 0.0278. The fourth-order valence-corrected chi connectivity index (χ4v) is 2.83. The van der Waals surface area contributed by atoms with Crippen LogP contribution in [-0.4, -0.2) is 20.9 Å². The number of rotatable bonds is 8. The second-order valence-corrected chi connectivity index (χ2v) is 6.48. The lowest BCUT2D eigenvalue weighted by atomic mass is 10.2. The van der Waals surface area contributed by atoms with Crippen molar-refractivity contribution in [3.05, 3.63) is 90.1 Å². The number of aromatic nitrogens is 3. The lowest BCUT2D eigenvalue weighted by molar-refractivity contribution is 0.0463. The SMILES string of the molecule is Nc1nc(COC(=O)c2ccccc2NCc2ccco2)nc(Nc2ccccc2)n1. The molecule has 0 saturated carbocycles. The van der Waals surface area contributed by atoms with Crippen molar-refractivity contribution < 1.29 is 13.9 Å². The number of benzene rings is 2. The van der Waals surface area contributed by atoms with Crippen LogP contribution in [0.5, 0.6) is 0 Å². The summed E-state index contributed by atoms with van der Waals surface area (Å²) in [4.78, 5) is 25.0. The number of furan rings is 1. The van der Waals surface area contributed by atoms with E-state index >= 15 is 0 Å². The average molecular weight is 416 g/mol. The predicted molar refractivity (Wildman–Crippen MR) is 116 cm³/mol. The molecule has 2 aromatic heterocycles. The number of nitrogens with zero attached hydrogens (tertiary/aromatic N) is 3. The highest BCUT2D eigenvalue weighted by atomic mass is 16.5. The number of hydrogen-bond donors (Lipinski definition) is 3. The monoisotopic (exact) mass is 416 g/mol. The molecule has 0 fully saturated rings. The maximum absolute atomic E-state index is 12.7. The molecule has 0 bridgehead atoms. The number of hydrogen-bond acceptors (Lipinski definition) is 9. The summed E-state index contributed by atoms with van der Waals surface area (Å²) in [5, 5.41) is 6.22. The Balaban J connectivity index is 1.42. The van der Waals surface area contributed by atoms with E-state index in [-0.39, 0.29) is 24.3 Å². The largest absolute Gasteiger partial charge is 0.467 e. The van der Waals surface area contributed by atoms with Gasteiger partial charge in [0.2, 0.25) is 11.9 Å². The van der Waals surface area contributed by atoms with Crippen LogP contribution in [0.3, 0.4) is 0 Å². The molecular weight excluding hydrogens is 396 g/mol. The highest BCUT2D eigenvalue weighted by Gasteiger charge is 2.14. The fourth-order valence-electron chi connectivity index (χ4n) is 2.83. The van der Waals surface area contributed by atoms with Crippen LogP contribution >= 0.6 is 0 Å². The van der Waals surface area contributed by atoms with Crippen molar-refractivity contribution in [1.29, 1.82) is 0 Å². The number of carbonyl (C=O) groups excluding carboxylic acids is 1. The fraction of sp³-hybridized carbons (Fsp3) is 0.0909. The number of ether oxygens (including phenoxy) is 1. The van der Waals surface area contributed by atoms with Gasteiger partial charge < -0.3 is 25.5 Å². The maximum atomic E-state index is 12.7. The third-order valence-corrected chi connectivity index (χ3v) is 4.24. The Hall–Kier alpha value is -4.40. The second-order valence-electron chi connectivity index (χ2n) is 6.48. The Morgan fingerprint density at radius 1 is 0.968 bits per heavy atom. The molecule has 0 aliphatic heterocycles. The average Bonchev–Trinajstić information content (AvgIpc) is 3.30. The molecule has 2 heterocycles. The molecule has 4 aromatic rings. The first-order valence-corrected chi connectivity index (χ1v) is 9.52. The first-order chi connectivity index (χ1) is 15.2. The van der Waals surface area contributed by atoms with E-state index in [1.165, 1.54) is 0 Å². The van der Waals surface area contributed by atoms with Gasteiger partial charge in [-0.3, -0.25) is 0 Å². The van der Waals surface area contributed by atoms with Gasteiger partial charge in [0, 0.05) is 11.4 Å². The van der Waals surface area contributed by atoms with Crippen LogP contribution in [0.15, 0.2) is 77.4 Å². The van der Waals surface area contributed by atoms with Crippen molar-refractivity contribution in [2.75, 3.05) is 16.4 Å². The van der Waals surface area contributed by atoms with Gasteiger partial charge in [0.25, 0.3) is 0 Å². The van der Waals surface area contributed by atoms with Crippen LogP contribution in [0.1, 0.15) is 21.9 Å². The van der Waals surface area contributed by atoms with Crippen molar-refractivity contribution in [2.45, 2.75) is 13.2 Å². The summed E-state index contributed by atoms with van der Waals surface area (Å²) in [6.07, 6.45) is 1.60. The molecule has 0 atom stereocenters. The van der Waals surface area contributed by atoms with Crippen LogP contribution < -0.4 is 16.4 Å². The molecule has 0 aliphatic rings. The maximum Gasteiger partial charge on any atom is 0.340 e. The Morgan fingerprint density at radius 3 is 2.58 bits per heavy atom. The first kappa shape index (κ1) is 19.9. The lowest BCUT2D eigenvalue weighted by Gasteiger charge is -2.11. The summed E-state index contributed by atoms with van der Waals surface area (Å²) < 4.78 is 10.7. The quantitative estimate of drug-likeness (QED) is 0.368. The van der Waals surface area contributed by atoms with Gasteiger partial charge in [-0.15, -0.1) is 0 Å². The molecule has 156 valence electrons. The summed E-state index contributed by atoms with van der Waals surface area (Å²) in [5.74, 6) is 0.770. The molecule has 9 nitrogen and oxygen atoms in total. The number of para-hydroxylation sites is 2. The minimum atomic E-state index is -0.515. The van der Waals surface area contributed by atoms with E-state index in [4.69, 9.17) is 14.9 Å². The number of esters is 1. The number of carbonyl (C=O) groups is 1. The van der Waals surface area contributed by atoms with Gasteiger partial charge in [-0.1, -0.05) is 30.3 Å². The Labute approximate surface area is 178 Å². The summed E-state index contributed by atoms with van der Waals surface area (Å²) in [5.41, 5.74) is 7.60. The van der Waals surface area contributed by atoms with Crippen molar-refractivity contribution in [3.63, 3.8) is 0 Å². The van der Waals surface area contributed by atoms with Crippen molar-refractivity contribution >= 4 is 29.2 Å². The van der Waals surface area contributed by atoms with E-state index in [1.807, 2.05) is 42.5 Å². The number of nitrogens with one attached hydrogen (secondary N) is 2. The van der Waals surface area contributed by atoms with Crippen molar-refractivity contribution in [2.24, 2.45) is 0 Å². The van der Waals surface area contributed by atoms with Gasteiger partial charge in [-0.25, -0.2) is 4.79 Å². The van der Waals surface area contributed by atoms with Crippen LogP contribution in [-0.2, 0) is 17.9 Å². The molecule has 0 spiro atoms. The molecule has 0 unspecified atom stereocenters. The van der Waals surface area contributed by atoms with Gasteiger partial charge in [-0.05, 0) is 36.4 Å². The molecule has 0 radical (unpaired) electrons. The van der Waals surface area contributed by atoms with E-state index < -0.39 is 5.97 Å².